The number of benzene rings is 1. The lowest BCUT2D eigenvalue weighted by molar-refractivity contribution is 0.373. The molecule has 0 amide bonds. The van der Waals surface area contributed by atoms with Gasteiger partial charge in [-0.1, -0.05) is 7.43 Å². The first-order valence-electron chi connectivity index (χ1n) is 3.25. The molecule has 0 fully saturated rings. The van der Waals surface area contributed by atoms with Crippen molar-refractivity contribution in [2.24, 2.45) is 0 Å². The standard InChI is InChI=1S/C6H2BF5O2.CH4/c8-2-1(7(13)14)3(9)5(11)6(12)4(2)10;/h13-14H;1H4. The third-order valence-corrected chi connectivity index (χ3v) is 1.50. The molecule has 0 radical (unpaired) electrons. The van der Waals surface area contributed by atoms with Gasteiger partial charge in [0.05, 0.1) is 5.46 Å². The molecule has 15 heavy (non-hydrogen) atoms. The molecule has 1 aromatic carbocycles. The van der Waals surface area contributed by atoms with Gasteiger partial charge in [0.25, 0.3) is 0 Å². The summed E-state index contributed by atoms with van der Waals surface area (Å²) in [6.07, 6.45) is 0. The van der Waals surface area contributed by atoms with Crippen LogP contribution in [0.4, 0.5) is 22.0 Å². The van der Waals surface area contributed by atoms with E-state index in [-0.39, 0.29) is 7.43 Å². The molecule has 2 nitrogen and oxygen atoms in total. The van der Waals surface area contributed by atoms with Gasteiger partial charge < -0.3 is 10.0 Å². The number of halogens is 5. The predicted octanol–water partition coefficient (Wildman–Crippen LogP) is 0.698. The van der Waals surface area contributed by atoms with E-state index in [1.165, 1.54) is 0 Å². The zero-order valence-electron chi connectivity index (χ0n) is 6.36. The summed E-state index contributed by atoms with van der Waals surface area (Å²) in [4.78, 5) is 0. The molecule has 0 spiro atoms. The molecule has 0 aliphatic carbocycles. The van der Waals surface area contributed by atoms with Crippen molar-refractivity contribution in [3.05, 3.63) is 29.1 Å². The Hall–Kier alpha value is -1.15. The van der Waals surface area contributed by atoms with Crippen molar-refractivity contribution in [3.8, 4) is 0 Å². The molecule has 0 saturated heterocycles. The largest absolute Gasteiger partial charge is 0.494 e. The highest BCUT2D eigenvalue weighted by Gasteiger charge is 2.31. The van der Waals surface area contributed by atoms with Gasteiger partial charge in [0.2, 0.25) is 0 Å². The Morgan fingerprint density at radius 1 is 0.667 bits per heavy atom. The topological polar surface area (TPSA) is 40.5 Å². The monoisotopic (exact) mass is 228 g/mol. The van der Waals surface area contributed by atoms with E-state index in [4.69, 9.17) is 10.0 Å². The van der Waals surface area contributed by atoms with Crippen LogP contribution in [0, 0.1) is 29.1 Å². The van der Waals surface area contributed by atoms with Crippen LogP contribution in [0.1, 0.15) is 7.43 Å². The second-order valence-electron chi connectivity index (χ2n) is 2.36. The third-order valence-electron chi connectivity index (χ3n) is 1.50. The molecule has 0 aliphatic rings. The van der Waals surface area contributed by atoms with Gasteiger partial charge in [-0.2, -0.15) is 0 Å². The number of hydrogen-bond acceptors (Lipinski definition) is 2. The lowest BCUT2D eigenvalue weighted by Crippen LogP contribution is -2.38. The fourth-order valence-electron chi connectivity index (χ4n) is 0.849. The maximum absolute atomic E-state index is 12.6. The van der Waals surface area contributed by atoms with Crippen LogP contribution >= 0.6 is 0 Å². The molecule has 0 aliphatic heterocycles. The molecule has 0 bridgehead atoms. The fourth-order valence-corrected chi connectivity index (χ4v) is 0.849. The van der Waals surface area contributed by atoms with Crippen molar-refractivity contribution in [2.75, 3.05) is 0 Å². The second kappa shape index (κ2) is 4.58. The zero-order chi connectivity index (χ0) is 11.0. The smallest absolute Gasteiger partial charge is 0.423 e. The van der Waals surface area contributed by atoms with Crippen LogP contribution in [-0.2, 0) is 0 Å². The molecule has 0 aromatic heterocycles. The van der Waals surface area contributed by atoms with Crippen LogP contribution in [-0.4, -0.2) is 17.2 Å². The number of rotatable bonds is 1. The van der Waals surface area contributed by atoms with Crippen molar-refractivity contribution in [1.82, 2.24) is 0 Å². The van der Waals surface area contributed by atoms with E-state index in [0.29, 0.717) is 0 Å². The highest BCUT2D eigenvalue weighted by molar-refractivity contribution is 6.58. The molecule has 84 valence electrons. The van der Waals surface area contributed by atoms with Crippen LogP contribution in [0.25, 0.3) is 0 Å². The average Bonchev–Trinajstić information content (AvgIpc) is 2.11. The fraction of sp³-hybridized carbons (Fsp3) is 0.143. The van der Waals surface area contributed by atoms with Gasteiger partial charge in [-0.25, -0.2) is 22.0 Å². The summed E-state index contributed by atoms with van der Waals surface area (Å²) in [5.41, 5.74) is -1.67. The quantitative estimate of drug-likeness (QED) is 0.321. The Kier molecular flexibility index (Phi) is 4.23. The molecule has 0 unspecified atom stereocenters. The summed E-state index contributed by atoms with van der Waals surface area (Å²) in [5, 5.41) is 16.7. The minimum Gasteiger partial charge on any atom is -0.423 e. The Bertz CT molecular complexity index is 353. The Labute approximate surface area is 82.1 Å². The first-order valence-corrected chi connectivity index (χ1v) is 3.25. The molecule has 0 atom stereocenters. The molecule has 2 N–H and O–H groups in total. The first-order chi connectivity index (χ1) is 6.37. The first kappa shape index (κ1) is 13.9. The summed E-state index contributed by atoms with van der Waals surface area (Å²) in [5.74, 6) is -11.3. The minimum atomic E-state index is -2.76. The summed E-state index contributed by atoms with van der Waals surface area (Å²) in [6, 6.07) is 0. The SMILES string of the molecule is C.OB(O)c1c(F)c(F)c(F)c(F)c1F. The van der Waals surface area contributed by atoms with Gasteiger partial charge in [-0.05, 0) is 0 Å². The van der Waals surface area contributed by atoms with E-state index in [0.717, 1.165) is 0 Å². The van der Waals surface area contributed by atoms with Crippen molar-refractivity contribution < 1.29 is 32.0 Å². The Balaban J connectivity index is 0.00000196. The van der Waals surface area contributed by atoms with Crippen LogP contribution < -0.4 is 5.46 Å². The van der Waals surface area contributed by atoms with Crippen LogP contribution in [0.3, 0.4) is 0 Å². The van der Waals surface area contributed by atoms with Crippen molar-refractivity contribution in [2.45, 2.75) is 7.43 Å². The Morgan fingerprint density at radius 2 is 0.933 bits per heavy atom. The Morgan fingerprint density at radius 3 is 1.20 bits per heavy atom. The summed E-state index contributed by atoms with van der Waals surface area (Å²) >= 11 is 0. The molecule has 0 heterocycles. The third kappa shape index (κ3) is 2.10. The molecule has 0 saturated carbocycles. The zero-order valence-corrected chi connectivity index (χ0v) is 6.36. The summed E-state index contributed by atoms with van der Waals surface area (Å²) in [7, 11) is -2.76. The van der Waals surface area contributed by atoms with Gasteiger partial charge in [0.1, 0.15) is 0 Å². The maximum atomic E-state index is 12.6. The summed E-state index contributed by atoms with van der Waals surface area (Å²) < 4.78 is 62.4. The van der Waals surface area contributed by atoms with E-state index in [1.807, 2.05) is 0 Å². The molecule has 1 rings (SSSR count). The van der Waals surface area contributed by atoms with Gasteiger partial charge in [-0.3, -0.25) is 0 Å². The van der Waals surface area contributed by atoms with Crippen molar-refractivity contribution >= 4 is 12.6 Å². The van der Waals surface area contributed by atoms with Crippen molar-refractivity contribution in [1.29, 1.82) is 0 Å². The highest BCUT2D eigenvalue weighted by Crippen LogP contribution is 2.15. The van der Waals surface area contributed by atoms with Crippen LogP contribution in [0.2, 0.25) is 0 Å². The van der Waals surface area contributed by atoms with Gasteiger partial charge in [0.15, 0.2) is 29.1 Å². The summed E-state index contributed by atoms with van der Waals surface area (Å²) in [6.45, 7) is 0. The normalized spacial score (nSPS) is 9.80. The van der Waals surface area contributed by atoms with E-state index in [2.05, 4.69) is 0 Å². The van der Waals surface area contributed by atoms with Crippen molar-refractivity contribution in [3.63, 3.8) is 0 Å². The van der Waals surface area contributed by atoms with E-state index in [9.17, 15) is 22.0 Å². The average molecular weight is 228 g/mol. The van der Waals surface area contributed by atoms with Gasteiger partial charge in [-0.15, -0.1) is 0 Å². The lowest BCUT2D eigenvalue weighted by Gasteiger charge is -2.06. The molecular weight excluding hydrogens is 222 g/mol. The highest BCUT2D eigenvalue weighted by atomic mass is 19.2. The van der Waals surface area contributed by atoms with E-state index >= 15 is 0 Å². The number of hydrogen-bond donors (Lipinski definition) is 2. The van der Waals surface area contributed by atoms with E-state index < -0.39 is 41.7 Å². The maximum Gasteiger partial charge on any atom is 0.494 e. The van der Waals surface area contributed by atoms with Crippen LogP contribution in [0.5, 0.6) is 0 Å². The van der Waals surface area contributed by atoms with E-state index in [1.54, 1.807) is 0 Å². The van der Waals surface area contributed by atoms with Gasteiger partial charge in [0, 0.05) is 0 Å². The van der Waals surface area contributed by atoms with Crippen LogP contribution in [0.15, 0.2) is 0 Å². The molecule has 1 aromatic rings. The minimum absolute atomic E-state index is 0. The molecule has 8 heteroatoms. The lowest BCUT2D eigenvalue weighted by atomic mass is 9.79. The predicted molar refractivity (Wildman–Crippen MR) is 42.8 cm³/mol. The second-order valence-corrected chi connectivity index (χ2v) is 2.36. The van der Waals surface area contributed by atoms with Gasteiger partial charge >= 0.3 is 7.12 Å². The molecular formula is C7H6BF5O2.